The molecule has 0 saturated heterocycles. The number of carbonyl (C=O) groups excluding carboxylic acids is 1. The Morgan fingerprint density at radius 2 is 2.13 bits per heavy atom. The van der Waals surface area contributed by atoms with Crippen molar-refractivity contribution >= 4 is 6.03 Å². The molecule has 1 fully saturated rings. The molecule has 4 heteroatoms. The molecule has 0 bridgehead atoms. The Hall–Kier alpha value is -1.55. The van der Waals surface area contributed by atoms with Crippen LogP contribution in [0, 0.1) is 5.92 Å². The van der Waals surface area contributed by atoms with Gasteiger partial charge in [-0.05, 0) is 23.8 Å². The van der Waals surface area contributed by atoms with Crippen LogP contribution in [0.3, 0.4) is 0 Å². The molecule has 1 aliphatic carbocycles. The maximum Gasteiger partial charge on any atom is 0.338 e. The average Bonchev–Trinajstić information content (AvgIpc) is 2.98. The fraction of sp³-hybridized carbons (Fsp3) is 0.364. The predicted molar refractivity (Wildman–Crippen MR) is 55.4 cm³/mol. The Kier molecular flexibility index (Phi) is 2.60. The summed E-state index contributed by atoms with van der Waals surface area (Å²) in [6.45, 7) is 0.328. The van der Waals surface area contributed by atoms with Crippen molar-refractivity contribution in [3.8, 4) is 0 Å². The van der Waals surface area contributed by atoms with Crippen LogP contribution in [0.5, 0.6) is 0 Å². The van der Waals surface area contributed by atoms with E-state index in [9.17, 15) is 4.79 Å². The van der Waals surface area contributed by atoms with E-state index >= 15 is 0 Å². The first-order valence-electron chi connectivity index (χ1n) is 4.99. The third kappa shape index (κ3) is 2.27. The Labute approximate surface area is 88.3 Å². The molecule has 1 aromatic rings. The Morgan fingerprint density at radius 3 is 2.73 bits per heavy atom. The van der Waals surface area contributed by atoms with E-state index in [0.717, 1.165) is 6.42 Å². The van der Waals surface area contributed by atoms with E-state index in [0.29, 0.717) is 23.4 Å². The summed E-state index contributed by atoms with van der Waals surface area (Å²) >= 11 is 0. The zero-order valence-corrected chi connectivity index (χ0v) is 8.34. The molecule has 0 heterocycles. The highest BCUT2D eigenvalue weighted by molar-refractivity contribution is 5.70. The zero-order chi connectivity index (χ0) is 10.8. The minimum atomic E-state index is -0.784. The summed E-state index contributed by atoms with van der Waals surface area (Å²) in [6.07, 6.45) is 1.01. The van der Waals surface area contributed by atoms with Crippen molar-refractivity contribution in [2.24, 2.45) is 11.7 Å². The Bertz CT molecular complexity index is 353. The lowest BCUT2D eigenvalue weighted by Gasteiger charge is -2.11. The topological polar surface area (TPSA) is 66.6 Å². The molecule has 0 aromatic heterocycles. The lowest BCUT2D eigenvalue weighted by atomic mass is 10.1. The summed E-state index contributed by atoms with van der Waals surface area (Å²) in [5, 5.41) is 9.75. The molecule has 4 nitrogen and oxygen atoms in total. The van der Waals surface area contributed by atoms with E-state index in [2.05, 4.69) is 12.1 Å². The molecule has 2 rings (SSSR count). The van der Waals surface area contributed by atoms with Gasteiger partial charge in [0.2, 0.25) is 0 Å². The number of carbonyl (C=O) groups is 1. The predicted octanol–water partition coefficient (Wildman–Crippen LogP) is 1.56. The number of hydroxylamine groups is 2. The van der Waals surface area contributed by atoms with Crippen LogP contribution >= 0.6 is 0 Å². The molecule has 0 aliphatic heterocycles. The number of amides is 2. The summed E-state index contributed by atoms with van der Waals surface area (Å²) in [5.74, 6) is 0.796. The minimum absolute atomic E-state index is 0.328. The van der Waals surface area contributed by atoms with Gasteiger partial charge < -0.3 is 5.73 Å². The fourth-order valence-corrected chi connectivity index (χ4v) is 1.87. The molecule has 15 heavy (non-hydrogen) atoms. The Morgan fingerprint density at radius 1 is 1.47 bits per heavy atom. The van der Waals surface area contributed by atoms with Gasteiger partial charge in [-0.3, -0.25) is 5.21 Å². The molecule has 2 atom stereocenters. The first-order valence-corrected chi connectivity index (χ1v) is 4.99. The maximum absolute atomic E-state index is 10.6. The number of urea groups is 1. The summed E-state index contributed by atoms with van der Waals surface area (Å²) < 4.78 is 0. The number of hydrogen-bond donors (Lipinski definition) is 2. The summed E-state index contributed by atoms with van der Waals surface area (Å²) in [4.78, 5) is 10.6. The molecule has 1 aliphatic rings. The molecule has 1 aromatic carbocycles. The largest absolute Gasteiger partial charge is 0.350 e. The van der Waals surface area contributed by atoms with Crippen LogP contribution in [0.25, 0.3) is 0 Å². The number of benzene rings is 1. The van der Waals surface area contributed by atoms with Gasteiger partial charge in [-0.1, -0.05) is 30.3 Å². The average molecular weight is 206 g/mol. The van der Waals surface area contributed by atoms with Crippen LogP contribution < -0.4 is 5.73 Å². The van der Waals surface area contributed by atoms with Crippen LogP contribution in [0.15, 0.2) is 30.3 Å². The van der Waals surface area contributed by atoms with Crippen LogP contribution in [0.1, 0.15) is 17.9 Å². The number of rotatable bonds is 3. The number of hydrogen-bond acceptors (Lipinski definition) is 2. The van der Waals surface area contributed by atoms with Crippen LogP contribution in [0.2, 0.25) is 0 Å². The third-order valence-electron chi connectivity index (χ3n) is 2.81. The lowest BCUT2D eigenvalue weighted by Crippen LogP contribution is -2.34. The van der Waals surface area contributed by atoms with Crippen molar-refractivity contribution in [1.82, 2.24) is 5.06 Å². The monoisotopic (exact) mass is 206 g/mol. The SMILES string of the molecule is NC(=O)N(O)CC1CC1c1ccccc1. The van der Waals surface area contributed by atoms with Crippen molar-refractivity contribution in [2.75, 3.05) is 6.54 Å². The van der Waals surface area contributed by atoms with Crippen molar-refractivity contribution in [2.45, 2.75) is 12.3 Å². The van der Waals surface area contributed by atoms with E-state index in [1.54, 1.807) is 0 Å². The van der Waals surface area contributed by atoms with Gasteiger partial charge in [0.25, 0.3) is 0 Å². The number of nitrogens with two attached hydrogens (primary N) is 1. The minimum Gasteiger partial charge on any atom is -0.350 e. The smallest absolute Gasteiger partial charge is 0.338 e. The van der Waals surface area contributed by atoms with Crippen molar-refractivity contribution in [3.05, 3.63) is 35.9 Å². The highest BCUT2D eigenvalue weighted by Gasteiger charge is 2.39. The second-order valence-corrected chi connectivity index (χ2v) is 3.93. The first kappa shape index (κ1) is 9.98. The molecule has 2 unspecified atom stereocenters. The summed E-state index contributed by atoms with van der Waals surface area (Å²) in [7, 11) is 0. The highest BCUT2D eigenvalue weighted by atomic mass is 16.5. The molecular weight excluding hydrogens is 192 g/mol. The molecule has 0 radical (unpaired) electrons. The van der Waals surface area contributed by atoms with Crippen LogP contribution in [-0.2, 0) is 0 Å². The Balaban J connectivity index is 1.89. The quantitative estimate of drug-likeness (QED) is 0.582. The second kappa shape index (κ2) is 3.90. The molecule has 1 saturated carbocycles. The first-order chi connectivity index (χ1) is 7.18. The van der Waals surface area contributed by atoms with Gasteiger partial charge in [0.05, 0.1) is 6.54 Å². The number of nitrogens with zero attached hydrogens (tertiary/aromatic N) is 1. The van der Waals surface area contributed by atoms with Gasteiger partial charge in [0.1, 0.15) is 0 Å². The molecule has 0 spiro atoms. The summed E-state index contributed by atoms with van der Waals surface area (Å²) in [5.41, 5.74) is 6.20. The zero-order valence-electron chi connectivity index (χ0n) is 8.34. The highest BCUT2D eigenvalue weighted by Crippen LogP contribution is 2.47. The molecule has 3 N–H and O–H groups in total. The van der Waals surface area contributed by atoms with Gasteiger partial charge >= 0.3 is 6.03 Å². The normalized spacial score (nSPS) is 23.5. The van der Waals surface area contributed by atoms with Gasteiger partial charge in [-0.2, -0.15) is 0 Å². The van der Waals surface area contributed by atoms with Crippen molar-refractivity contribution in [3.63, 3.8) is 0 Å². The molecule has 80 valence electrons. The second-order valence-electron chi connectivity index (χ2n) is 3.93. The summed E-state index contributed by atoms with van der Waals surface area (Å²) in [6, 6.07) is 9.31. The fourth-order valence-electron chi connectivity index (χ4n) is 1.87. The third-order valence-corrected chi connectivity index (χ3v) is 2.81. The van der Waals surface area contributed by atoms with Gasteiger partial charge in [0, 0.05) is 0 Å². The maximum atomic E-state index is 10.6. The van der Waals surface area contributed by atoms with E-state index in [1.807, 2.05) is 18.2 Å². The van der Waals surface area contributed by atoms with E-state index in [4.69, 9.17) is 10.9 Å². The number of primary amides is 1. The van der Waals surface area contributed by atoms with Crippen LogP contribution in [-0.4, -0.2) is 22.8 Å². The van der Waals surface area contributed by atoms with Gasteiger partial charge in [0.15, 0.2) is 0 Å². The molecular formula is C11H14N2O2. The lowest BCUT2D eigenvalue weighted by molar-refractivity contribution is -0.0431. The van der Waals surface area contributed by atoms with Gasteiger partial charge in [-0.15, -0.1) is 0 Å². The molecule has 2 amide bonds. The van der Waals surface area contributed by atoms with E-state index in [1.165, 1.54) is 5.56 Å². The van der Waals surface area contributed by atoms with Crippen LogP contribution in [0.4, 0.5) is 4.79 Å². The van der Waals surface area contributed by atoms with Crippen molar-refractivity contribution < 1.29 is 10.0 Å². The van der Waals surface area contributed by atoms with E-state index < -0.39 is 6.03 Å². The van der Waals surface area contributed by atoms with E-state index in [-0.39, 0.29) is 0 Å². The van der Waals surface area contributed by atoms with Gasteiger partial charge in [-0.25, -0.2) is 9.86 Å². The van der Waals surface area contributed by atoms with Crippen molar-refractivity contribution in [1.29, 1.82) is 0 Å². The standard InChI is InChI=1S/C11H14N2O2/c12-11(14)13(15)7-9-6-10(9)8-4-2-1-3-5-8/h1-5,9-10,15H,6-7H2,(H2,12,14).